The van der Waals surface area contributed by atoms with E-state index in [1.54, 1.807) is 97.6 Å². The maximum atomic E-state index is 16.4. The summed E-state index contributed by atoms with van der Waals surface area (Å²) in [5.41, 5.74) is -1.67. The van der Waals surface area contributed by atoms with Gasteiger partial charge in [-0.2, -0.15) is 26.3 Å². The maximum absolute atomic E-state index is 16.4. The Morgan fingerprint density at radius 1 is 0.448 bits per heavy atom. The molecule has 14 rings (SSSR count). The number of benzene rings is 4. The van der Waals surface area contributed by atoms with Crippen LogP contribution in [0.4, 0.5) is 37.7 Å². The van der Waals surface area contributed by atoms with Crippen LogP contribution in [0.3, 0.4) is 0 Å². The summed E-state index contributed by atoms with van der Waals surface area (Å²) >= 11 is 0. The molecule has 2 aromatic heterocycles. The maximum Gasteiger partial charge on any atom is 0.418 e. The quantitative estimate of drug-likeness (QED) is 0.128. The predicted octanol–water partition coefficient (Wildman–Crippen LogP) is 10.4. The van der Waals surface area contributed by atoms with Gasteiger partial charge in [0.15, 0.2) is 11.2 Å². The van der Waals surface area contributed by atoms with Gasteiger partial charge in [0.2, 0.25) is 0 Å². The standard InChI is InChI=1S/C52H32F6N4O5/c53-51(54,55)49-41-33-21-34(30-18-38-37(17-29(30)33)45(63)61(46(38)64)27-5-1-3-25(15-27)23-7-11-59-12-8-23)42(41)50(67-49,52(56,57)58)44-36-22-35(43(44)49)31-19-39-40(20-32(31)36)48(66)62(47(39)65)28-6-2-4-26(16-28)24-9-13-60-14-10-24/h1-20,33-36,41-44H,21-22H2/t33-,34+,35+,36-,41?,42?,43?,44?,49?,50?. The van der Waals surface area contributed by atoms with Crippen molar-refractivity contribution in [1.29, 1.82) is 0 Å². The Morgan fingerprint density at radius 2 is 0.761 bits per heavy atom. The highest BCUT2D eigenvalue weighted by Crippen LogP contribution is 2.87. The summed E-state index contributed by atoms with van der Waals surface area (Å²) in [6.07, 6.45) is -4.15. The summed E-state index contributed by atoms with van der Waals surface area (Å²) in [6, 6.07) is 26.3. The minimum atomic E-state index is -5.25. The third kappa shape index (κ3) is 4.56. The van der Waals surface area contributed by atoms with E-state index in [1.807, 2.05) is 0 Å². The van der Waals surface area contributed by atoms with Crippen LogP contribution in [-0.4, -0.2) is 57.2 Å². The summed E-state index contributed by atoms with van der Waals surface area (Å²) < 4.78 is 104. The SMILES string of the molecule is O=C1c2cc3c(cc2C(=O)N1c1cccc(-c2ccncc2)c1)[C@@H]1C[C@H]3C2C1C1(C(F)(F)F)OC2(C(F)(F)F)C2C1[C@@H]1C[C@H]2c2cc3c(cc21)C(=O)N(c1cccc(-c2ccncc2)c1)C3=O. The zero-order valence-electron chi connectivity index (χ0n) is 34.7. The lowest BCUT2D eigenvalue weighted by atomic mass is 9.49. The smallest absolute Gasteiger partial charge is 0.348 e. The number of ether oxygens (including phenoxy) is 1. The van der Waals surface area contributed by atoms with E-state index >= 15 is 26.3 Å². The molecule has 0 N–H and O–H groups in total. The predicted molar refractivity (Wildman–Crippen MR) is 227 cm³/mol. The number of hydrogen-bond donors (Lipinski definition) is 0. The van der Waals surface area contributed by atoms with Gasteiger partial charge >= 0.3 is 12.4 Å². The molecule has 0 spiro atoms. The molecule has 4 aliphatic heterocycles. The van der Waals surface area contributed by atoms with E-state index < -0.39 is 94.5 Å². The monoisotopic (exact) mass is 906 g/mol. The molecular formula is C52H32F6N4O5. The normalized spacial score (nSPS) is 31.1. The minimum Gasteiger partial charge on any atom is -0.348 e. The number of rotatable bonds is 4. The van der Waals surface area contributed by atoms with Crippen LogP contribution >= 0.6 is 0 Å². The number of fused-ring (bicyclic) bond motifs is 24. The third-order valence-corrected chi connectivity index (χ3v) is 16.7. The molecule has 4 aliphatic carbocycles. The minimum absolute atomic E-state index is 0.0178. The van der Waals surface area contributed by atoms with Crippen LogP contribution in [0.25, 0.3) is 22.3 Å². The average Bonchev–Trinajstić information content (AvgIpc) is 4.21. The molecule has 6 unspecified atom stereocenters. The molecule has 2 saturated heterocycles. The van der Waals surface area contributed by atoms with Gasteiger partial charge in [-0.1, -0.05) is 24.3 Å². The third-order valence-electron chi connectivity index (χ3n) is 16.7. The number of imide groups is 2. The Hall–Kier alpha value is -7.00. The number of nitrogens with zero attached hydrogens (tertiary/aromatic N) is 4. The Morgan fingerprint density at radius 3 is 1.06 bits per heavy atom. The Balaban J connectivity index is 0.859. The van der Waals surface area contributed by atoms with Crippen molar-refractivity contribution < 1.29 is 50.3 Å². The zero-order chi connectivity index (χ0) is 45.8. The highest BCUT2D eigenvalue weighted by atomic mass is 19.4. The van der Waals surface area contributed by atoms with Crippen LogP contribution in [0, 0.1) is 23.7 Å². The number of amides is 4. The Labute approximate surface area is 376 Å². The number of alkyl halides is 6. The van der Waals surface area contributed by atoms with Crippen LogP contribution in [0.2, 0.25) is 0 Å². The lowest BCUT2D eigenvalue weighted by Crippen LogP contribution is -2.62. The highest BCUT2D eigenvalue weighted by Gasteiger charge is 2.94. The molecule has 4 fully saturated rings. The first-order valence-electron chi connectivity index (χ1n) is 22.1. The fourth-order valence-corrected chi connectivity index (χ4v) is 14.7. The van der Waals surface area contributed by atoms with E-state index in [4.69, 9.17) is 4.74 Å². The number of aromatic nitrogens is 2. The van der Waals surface area contributed by atoms with Crippen LogP contribution in [0.1, 0.15) is 100 Å². The fraction of sp³-hybridized carbons (Fsp3) is 0.269. The molecule has 6 bridgehead atoms. The van der Waals surface area contributed by atoms with Crippen molar-refractivity contribution in [1.82, 2.24) is 9.97 Å². The van der Waals surface area contributed by atoms with Crippen molar-refractivity contribution in [3.05, 3.63) is 166 Å². The first kappa shape index (κ1) is 39.2. The van der Waals surface area contributed by atoms with Gasteiger partial charge in [-0.05, 0) is 154 Å². The van der Waals surface area contributed by atoms with Gasteiger partial charge in [-0.15, -0.1) is 0 Å². The van der Waals surface area contributed by atoms with E-state index in [-0.39, 0.29) is 46.5 Å². The second-order valence-corrected chi connectivity index (χ2v) is 19.2. The molecule has 4 aromatic carbocycles. The van der Waals surface area contributed by atoms with Gasteiger partial charge < -0.3 is 4.74 Å². The van der Waals surface area contributed by atoms with E-state index in [0.29, 0.717) is 33.4 Å². The van der Waals surface area contributed by atoms with Gasteiger partial charge in [0.25, 0.3) is 23.6 Å². The van der Waals surface area contributed by atoms with Crippen LogP contribution < -0.4 is 9.80 Å². The first-order valence-corrected chi connectivity index (χ1v) is 22.1. The zero-order valence-corrected chi connectivity index (χ0v) is 34.7. The number of carbonyl (C=O) groups excluding carboxylic acids is 4. The number of hydrogen-bond acceptors (Lipinski definition) is 7. The van der Waals surface area contributed by atoms with Crippen molar-refractivity contribution in [3.63, 3.8) is 0 Å². The molecule has 6 heterocycles. The topological polar surface area (TPSA) is 110 Å². The molecule has 6 aromatic rings. The molecule has 0 radical (unpaired) electrons. The first-order chi connectivity index (χ1) is 32.1. The van der Waals surface area contributed by atoms with Crippen molar-refractivity contribution in [2.75, 3.05) is 9.80 Å². The number of halogens is 6. The van der Waals surface area contributed by atoms with Crippen molar-refractivity contribution >= 4 is 35.0 Å². The average molecular weight is 907 g/mol. The molecule has 332 valence electrons. The highest BCUT2D eigenvalue weighted by molar-refractivity contribution is 6.35. The lowest BCUT2D eigenvalue weighted by Gasteiger charge is -2.52. The number of anilines is 2. The second-order valence-electron chi connectivity index (χ2n) is 19.2. The molecular weight excluding hydrogens is 875 g/mol. The molecule has 4 amide bonds. The summed E-state index contributed by atoms with van der Waals surface area (Å²) in [6.45, 7) is 0. The molecule has 67 heavy (non-hydrogen) atoms. The number of carbonyl (C=O) groups is 4. The van der Waals surface area contributed by atoms with Crippen LogP contribution in [-0.2, 0) is 4.74 Å². The summed E-state index contributed by atoms with van der Waals surface area (Å²) in [5, 5.41) is 0. The van der Waals surface area contributed by atoms with Crippen molar-refractivity contribution in [2.45, 2.75) is 60.1 Å². The molecule has 8 aliphatic rings. The molecule has 9 nitrogen and oxygen atoms in total. The van der Waals surface area contributed by atoms with Crippen LogP contribution in [0.5, 0.6) is 0 Å². The lowest BCUT2D eigenvalue weighted by molar-refractivity contribution is -0.327. The summed E-state index contributed by atoms with van der Waals surface area (Å²) in [4.78, 5) is 66.7. The van der Waals surface area contributed by atoms with Gasteiger partial charge in [-0.25, -0.2) is 9.80 Å². The van der Waals surface area contributed by atoms with E-state index in [0.717, 1.165) is 20.9 Å². The van der Waals surface area contributed by atoms with E-state index in [2.05, 4.69) is 9.97 Å². The molecule has 15 heteroatoms. The van der Waals surface area contributed by atoms with E-state index in [1.165, 1.54) is 24.3 Å². The largest absolute Gasteiger partial charge is 0.418 e. The van der Waals surface area contributed by atoms with Crippen LogP contribution in [0.15, 0.2) is 122 Å². The van der Waals surface area contributed by atoms with Gasteiger partial charge in [0, 0.05) is 48.5 Å². The van der Waals surface area contributed by atoms with Gasteiger partial charge in [0.1, 0.15) is 0 Å². The fourth-order valence-electron chi connectivity index (χ4n) is 14.7. The van der Waals surface area contributed by atoms with Gasteiger partial charge in [0.05, 0.1) is 33.6 Å². The summed E-state index contributed by atoms with van der Waals surface area (Å²) in [7, 11) is 0. The Bertz CT molecular complexity index is 2960. The molecule has 10 atom stereocenters. The summed E-state index contributed by atoms with van der Waals surface area (Å²) in [5.74, 6) is -13.5. The van der Waals surface area contributed by atoms with Gasteiger partial charge in [-0.3, -0.25) is 29.1 Å². The van der Waals surface area contributed by atoms with E-state index in [9.17, 15) is 19.2 Å². The number of pyridine rings is 2. The Kier molecular flexibility index (Phi) is 7.31. The molecule has 2 saturated carbocycles. The second kappa shape index (κ2) is 12.5. The van der Waals surface area contributed by atoms with Crippen molar-refractivity contribution in [3.8, 4) is 22.3 Å². The van der Waals surface area contributed by atoms with Crippen molar-refractivity contribution in [2.24, 2.45) is 23.7 Å².